The maximum atomic E-state index is 5.93. The summed E-state index contributed by atoms with van der Waals surface area (Å²) in [6, 6.07) is 2.60. The number of hydrogen-bond acceptors (Lipinski definition) is 3. The van der Waals surface area contributed by atoms with Gasteiger partial charge in [0, 0.05) is 27.4 Å². The topological polar surface area (TPSA) is 21.3 Å². The van der Waals surface area contributed by atoms with Gasteiger partial charge in [-0.25, -0.2) is 0 Å². The first-order valence-corrected chi connectivity index (χ1v) is 8.33. The lowest BCUT2D eigenvalue weighted by atomic mass is 9.96. The molecule has 0 saturated carbocycles. The normalized spacial score (nSPS) is 15.0. The Kier molecular flexibility index (Phi) is 7.46. The van der Waals surface area contributed by atoms with Crippen molar-refractivity contribution in [1.29, 1.82) is 0 Å². The van der Waals surface area contributed by atoms with Crippen molar-refractivity contribution < 1.29 is 4.74 Å². The molecule has 2 nitrogen and oxygen atoms in total. The van der Waals surface area contributed by atoms with Gasteiger partial charge < -0.3 is 10.1 Å². The van der Waals surface area contributed by atoms with Gasteiger partial charge in [-0.05, 0) is 47.8 Å². The van der Waals surface area contributed by atoms with Crippen LogP contribution in [0.5, 0.6) is 0 Å². The van der Waals surface area contributed by atoms with E-state index < -0.39 is 0 Å². The number of ether oxygens (including phenoxy) is 1. The quantitative estimate of drug-likeness (QED) is 0.773. The molecule has 1 aromatic heterocycles. The van der Waals surface area contributed by atoms with Crippen LogP contribution in [0, 0.1) is 5.92 Å². The zero-order valence-corrected chi connectivity index (χ0v) is 14.1. The van der Waals surface area contributed by atoms with Crippen molar-refractivity contribution in [3.05, 3.63) is 20.8 Å². The second-order valence-corrected chi connectivity index (χ2v) is 6.67. The lowest BCUT2D eigenvalue weighted by molar-refractivity contribution is 0.00413. The third kappa shape index (κ3) is 5.00. The Balaban J connectivity index is 2.72. The Morgan fingerprint density at radius 2 is 2.11 bits per heavy atom. The number of hydrogen-bond donors (Lipinski definition) is 1. The highest BCUT2D eigenvalue weighted by Gasteiger charge is 2.24. The van der Waals surface area contributed by atoms with Gasteiger partial charge in [-0.15, -0.1) is 11.3 Å². The second kappa shape index (κ2) is 8.31. The SMILES string of the molecule is CCNC(Cc1cc(Br)cs1)C(OCC)C(C)C. The maximum Gasteiger partial charge on any atom is 0.0754 e. The number of thiophene rings is 1. The average Bonchev–Trinajstić information content (AvgIpc) is 2.71. The molecule has 1 aromatic rings. The van der Waals surface area contributed by atoms with E-state index in [1.807, 2.05) is 11.3 Å². The zero-order chi connectivity index (χ0) is 13.5. The van der Waals surface area contributed by atoms with E-state index in [1.165, 1.54) is 9.35 Å². The molecule has 0 fully saturated rings. The smallest absolute Gasteiger partial charge is 0.0754 e. The predicted octanol–water partition coefficient (Wildman–Crippen LogP) is 4.09. The van der Waals surface area contributed by atoms with E-state index in [0.29, 0.717) is 12.0 Å². The summed E-state index contributed by atoms with van der Waals surface area (Å²) in [5.74, 6) is 0.525. The Hall–Kier alpha value is 0.1000. The van der Waals surface area contributed by atoms with Crippen LogP contribution in [-0.4, -0.2) is 25.3 Å². The first-order chi connectivity index (χ1) is 8.58. The van der Waals surface area contributed by atoms with E-state index in [2.05, 4.69) is 60.4 Å². The van der Waals surface area contributed by atoms with E-state index in [1.54, 1.807) is 0 Å². The number of nitrogens with one attached hydrogen (secondary N) is 1. The summed E-state index contributed by atoms with van der Waals surface area (Å²) < 4.78 is 7.10. The molecular formula is C14H24BrNOS. The summed E-state index contributed by atoms with van der Waals surface area (Å²) in [7, 11) is 0. The molecule has 0 aliphatic carbocycles. The van der Waals surface area contributed by atoms with Crippen molar-refractivity contribution in [2.45, 2.75) is 46.3 Å². The highest BCUT2D eigenvalue weighted by molar-refractivity contribution is 9.10. The van der Waals surface area contributed by atoms with E-state index >= 15 is 0 Å². The van der Waals surface area contributed by atoms with Crippen molar-refractivity contribution in [1.82, 2.24) is 5.32 Å². The minimum absolute atomic E-state index is 0.274. The fourth-order valence-electron chi connectivity index (χ4n) is 2.21. The molecule has 4 heteroatoms. The molecule has 0 aromatic carbocycles. The van der Waals surface area contributed by atoms with Crippen molar-refractivity contribution in [3.8, 4) is 0 Å². The van der Waals surface area contributed by atoms with Crippen LogP contribution < -0.4 is 5.32 Å². The van der Waals surface area contributed by atoms with Crippen molar-refractivity contribution in [3.63, 3.8) is 0 Å². The van der Waals surface area contributed by atoms with E-state index in [9.17, 15) is 0 Å². The Morgan fingerprint density at radius 1 is 1.39 bits per heavy atom. The highest BCUT2D eigenvalue weighted by Crippen LogP contribution is 2.23. The minimum Gasteiger partial charge on any atom is -0.377 e. The lowest BCUT2D eigenvalue weighted by Gasteiger charge is -2.30. The molecule has 1 N–H and O–H groups in total. The zero-order valence-electron chi connectivity index (χ0n) is 11.7. The van der Waals surface area contributed by atoms with E-state index in [-0.39, 0.29) is 6.10 Å². The maximum absolute atomic E-state index is 5.93. The second-order valence-electron chi connectivity index (χ2n) is 4.76. The summed E-state index contributed by atoms with van der Waals surface area (Å²) in [5.41, 5.74) is 0. The van der Waals surface area contributed by atoms with Gasteiger partial charge in [0.05, 0.1) is 6.10 Å². The summed E-state index contributed by atoms with van der Waals surface area (Å²) in [5, 5.41) is 5.72. The molecule has 104 valence electrons. The Morgan fingerprint density at radius 3 is 2.56 bits per heavy atom. The first kappa shape index (κ1) is 16.2. The molecule has 0 bridgehead atoms. The molecule has 2 atom stereocenters. The van der Waals surface area contributed by atoms with Crippen molar-refractivity contribution >= 4 is 27.3 Å². The summed E-state index contributed by atoms with van der Waals surface area (Å²) in [6.07, 6.45) is 1.31. The third-order valence-electron chi connectivity index (χ3n) is 2.92. The summed E-state index contributed by atoms with van der Waals surface area (Å²) >= 11 is 5.33. The molecule has 1 rings (SSSR count). The molecule has 0 aliphatic rings. The van der Waals surface area contributed by atoms with Crippen LogP contribution in [0.15, 0.2) is 15.9 Å². The molecule has 0 amide bonds. The van der Waals surface area contributed by atoms with Gasteiger partial charge in [0.15, 0.2) is 0 Å². The van der Waals surface area contributed by atoms with E-state index in [0.717, 1.165) is 19.6 Å². The summed E-state index contributed by atoms with van der Waals surface area (Å²) in [6.45, 7) is 10.4. The minimum atomic E-state index is 0.274. The van der Waals surface area contributed by atoms with Gasteiger partial charge in [0.2, 0.25) is 0 Å². The number of halogens is 1. The third-order valence-corrected chi connectivity index (χ3v) is 4.64. The van der Waals surface area contributed by atoms with Crippen LogP contribution in [0.1, 0.15) is 32.6 Å². The van der Waals surface area contributed by atoms with Gasteiger partial charge in [0.25, 0.3) is 0 Å². The van der Waals surface area contributed by atoms with Crippen LogP contribution in [0.3, 0.4) is 0 Å². The van der Waals surface area contributed by atoms with Gasteiger partial charge >= 0.3 is 0 Å². The molecular weight excluding hydrogens is 310 g/mol. The largest absolute Gasteiger partial charge is 0.377 e. The van der Waals surface area contributed by atoms with Crippen molar-refractivity contribution in [2.75, 3.05) is 13.2 Å². The van der Waals surface area contributed by atoms with Gasteiger partial charge in [0.1, 0.15) is 0 Å². The van der Waals surface area contributed by atoms with E-state index in [4.69, 9.17) is 4.74 Å². The van der Waals surface area contributed by atoms with Crippen LogP contribution in [0.25, 0.3) is 0 Å². The molecule has 2 unspecified atom stereocenters. The Labute approximate surface area is 123 Å². The fourth-order valence-corrected chi connectivity index (χ4v) is 3.72. The van der Waals surface area contributed by atoms with Crippen LogP contribution in [0.4, 0.5) is 0 Å². The monoisotopic (exact) mass is 333 g/mol. The highest BCUT2D eigenvalue weighted by atomic mass is 79.9. The Bertz CT molecular complexity index is 340. The van der Waals surface area contributed by atoms with Crippen molar-refractivity contribution in [2.24, 2.45) is 5.92 Å². The molecule has 0 spiro atoms. The average molecular weight is 334 g/mol. The van der Waals surface area contributed by atoms with Crippen LogP contribution in [-0.2, 0) is 11.2 Å². The lowest BCUT2D eigenvalue weighted by Crippen LogP contribution is -2.45. The predicted molar refractivity (Wildman–Crippen MR) is 83.4 cm³/mol. The number of rotatable bonds is 8. The molecule has 0 aliphatic heterocycles. The van der Waals surface area contributed by atoms with Gasteiger partial charge in [-0.1, -0.05) is 20.8 Å². The summed E-state index contributed by atoms with van der Waals surface area (Å²) in [4.78, 5) is 1.40. The van der Waals surface area contributed by atoms with Crippen LogP contribution in [0.2, 0.25) is 0 Å². The molecule has 0 saturated heterocycles. The van der Waals surface area contributed by atoms with Gasteiger partial charge in [-0.2, -0.15) is 0 Å². The first-order valence-electron chi connectivity index (χ1n) is 6.66. The molecule has 18 heavy (non-hydrogen) atoms. The van der Waals surface area contributed by atoms with Crippen LogP contribution >= 0.6 is 27.3 Å². The van der Waals surface area contributed by atoms with Gasteiger partial charge in [-0.3, -0.25) is 0 Å². The molecule has 0 radical (unpaired) electrons. The number of likely N-dealkylation sites (N-methyl/N-ethyl adjacent to an activating group) is 1. The fraction of sp³-hybridized carbons (Fsp3) is 0.714. The molecule has 1 heterocycles. The standard InChI is InChI=1S/C14H24BrNOS/c1-5-16-13(14(10(3)4)17-6-2)8-12-7-11(15)9-18-12/h7,9-10,13-14,16H,5-6,8H2,1-4H3.